The molecule has 0 aromatic heterocycles. The van der Waals surface area contributed by atoms with Gasteiger partial charge in [-0.05, 0) is 19.4 Å². The summed E-state index contributed by atoms with van der Waals surface area (Å²) in [5.74, 6) is -0.994. The molecule has 20 heavy (non-hydrogen) atoms. The van der Waals surface area contributed by atoms with E-state index in [1.165, 1.54) is 14.0 Å². The Morgan fingerprint density at radius 1 is 1.45 bits per heavy atom. The smallest absolute Gasteiger partial charge is 0.340 e. The molecule has 0 rings (SSSR count). The molecule has 0 fully saturated rings. The van der Waals surface area contributed by atoms with Gasteiger partial charge in [0, 0.05) is 25.0 Å². The van der Waals surface area contributed by atoms with Gasteiger partial charge in [0.1, 0.15) is 0 Å². The molecule has 0 aliphatic rings. The Hall–Kier alpha value is -1.01. The molecule has 2 N–H and O–H groups in total. The van der Waals surface area contributed by atoms with E-state index in [4.69, 9.17) is 17.3 Å². The number of amidine groups is 1. The summed E-state index contributed by atoms with van der Waals surface area (Å²) in [5.41, 5.74) is 6.55. The predicted molar refractivity (Wildman–Crippen MR) is 77.8 cm³/mol. The molecule has 0 aliphatic carbocycles. The highest BCUT2D eigenvalue weighted by atomic mass is 35.5. The second-order valence-corrected chi connectivity index (χ2v) is 4.77. The lowest BCUT2D eigenvalue weighted by Crippen LogP contribution is -2.49. The molecule has 7 heteroatoms. The average molecular weight is 312 g/mol. The van der Waals surface area contributed by atoms with E-state index >= 15 is 0 Å². The molecule has 0 saturated carbocycles. The van der Waals surface area contributed by atoms with Crippen LogP contribution >= 0.6 is 11.6 Å². The molecule has 0 bridgehead atoms. The molecule has 0 aromatic rings. The second-order valence-electron chi connectivity index (χ2n) is 4.28. The molecule has 0 amide bonds. The average Bonchev–Trinajstić information content (AvgIpc) is 2.33. The Kier molecular flexibility index (Phi) is 7.90. The van der Waals surface area contributed by atoms with Crippen molar-refractivity contribution in [2.45, 2.75) is 39.0 Å². The molecule has 1 unspecified atom stereocenters. The summed E-state index contributed by atoms with van der Waals surface area (Å²) in [6, 6.07) is 0. The summed E-state index contributed by atoms with van der Waals surface area (Å²) in [5, 5.41) is 0.370. The number of hydrogen-bond donors (Lipinski definition) is 1. The van der Waals surface area contributed by atoms with Crippen LogP contribution in [-0.2, 0) is 0 Å². The van der Waals surface area contributed by atoms with Crippen LogP contribution in [0.1, 0.15) is 26.7 Å². The lowest BCUT2D eigenvalue weighted by Gasteiger charge is -2.28. The fraction of sp³-hybridized carbons (Fsp3) is 0.615. The first kappa shape index (κ1) is 19.0. The quantitative estimate of drug-likeness (QED) is 0.352. The Balaban J connectivity index is 4.92. The van der Waals surface area contributed by atoms with Crippen LogP contribution in [-0.4, -0.2) is 36.7 Å². The fourth-order valence-electron chi connectivity index (χ4n) is 1.43. The van der Waals surface area contributed by atoms with Gasteiger partial charge in [-0.25, -0.2) is 0 Å². The van der Waals surface area contributed by atoms with E-state index in [0.717, 1.165) is 10.5 Å². The molecule has 116 valence electrons. The summed E-state index contributed by atoms with van der Waals surface area (Å²) in [6.07, 6.45) is -3.01. The van der Waals surface area contributed by atoms with Crippen LogP contribution in [0.2, 0.25) is 0 Å². The van der Waals surface area contributed by atoms with Crippen LogP contribution in [0, 0.1) is 0 Å². The zero-order valence-electron chi connectivity index (χ0n) is 12.0. The summed E-state index contributed by atoms with van der Waals surface area (Å²) >= 11 is 5.96. The van der Waals surface area contributed by atoms with Gasteiger partial charge in [0.2, 0.25) is 5.84 Å². The lowest BCUT2D eigenvalue weighted by molar-refractivity contribution is -0.0696. The summed E-state index contributed by atoms with van der Waals surface area (Å²) in [7, 11) is 1.26. The van der Waals surface area contributed by atoms with Gasteiger partial charge >= 0.3 is 6.18 Å². The standard InChI is InChI=1S/C13H21ClF3N3/c1-5-9(3)7-10(14)8-11(18)20(4)12(19-6-2)13(15,16)17/h7,11H,3,5-6,8,18H2,1-2,4H3/b10-7+,19-12?. The van der Waals surface area contributed by atoms with E-state index in [0.29, 0.717) is 11.5 Å². The third-order valence-electron chi connectivity index (χ3n) is 2.61. The van der Waals surface area contributed by atoms with Crippen molar-refractivity contribution >= 4 is 17.4 Å². The zero-order valence-corrected chi connectivity index (χ0v) is 12.7. The van der Waals surface area contributed by atoms with Crippen molar-refractivity contribution in [1.29, 1.82) is 0 Å². The zero-order chi connectivity index (χ0) is 15.9. The van der Waals surface area contributed by atoms with Crippen molar-refractivity contribution < 1.29 is 13.2 Å². The maximum absolute atomic E-state index is 12.8. The minimum atomic E-state index is -4.54. The highest BCUT2D eigenvalue weighted by molar-refractivity contribution is 6.29. The van der Waals surface area contributed by atoms with Gasteiger partial charge < -0.3 is 10.6 Å². The summed E-state index contributed by atoms with van der Waals surface area (Å²) in [6.45, 7) is 7.22. The molecule has 0 heterocycles. The molecular weight excluding hydrogens is 291 g/mol. The van der Waals surface area contributed by atoms with Gasteiger partial charge in [-0.2, -0.15) is 13.2 Å². The molecular formula is C13H21ClF3N3. The molecule has 0 radical (unpaired) electrons. The van der Waals surface area contributed by atoms with Crippen LogP contribution in [0.15, 0.2) is 28.3 Å². The topological polar surface area (TPSA) is 41.6 Å². The van der Waals surface area contributed by atoms with Gasteiger partial charge in [-0.3, -0.25) is 4.99 Å². The van der Waals surface area contributed by atoms with Crippen molar-refractivity contribution in [1.82, 2.24) is 4.90 Å². The molecule has 0 aromatic carbocycles. The maximum Gasteiger partial charge on any atom is 0.449 e. The number of hydrogen-bond acceptors (Lipinski definition) is 2. The van der Waals surface area contributed by atoms with Crippen molar-refractivity contribution in [3.8, 4) is 0 Å². The van der Waals surface area contributed by atoms with Crippen LogP contribution in [0.4, 0.5) is 13.2 Å². The SMILES string of the molecule is C=C(/C=C(/Cl)CC(N)N(C)C(=NCC)C(F)(F)F)CC. The van der Waals surface area contributed by atoms with E-state index < -0.39 is 18.2 Å². The molecule has 0 saturated heterocycles. The van der Waals surface area contributed by atoms with Crippen LogP contribution < -0.4 is 5.73 Å². The van der Waals surface area contributed by atoms with Gasteiger partial charge in [0.05, 0.1) is 6.17 Å². The van der Waals surface area contributed by atoms with Gasteiger partial charge in [0.25, 0.3) is 0 Å². The first-order valence-electron chi connectivity index (χ1n) is 6.27. The maximum atomic E-state index is 12.8. The molecule has 3 nitrogen and oxygen atoms in total. The highest BCUT2D eigenvalue weighted by Gasteiger charge is 2.39. The number of halogens is 4. The monoisotopic (exact) mass is 311 g/mol. The Morgan fingerprint density at radius 3 is 2.40 bits per heavy atom. The van der Waals surface area contributed by atoms with E-state index in [1.807, 2.05) is 6.92 Å². The largest absolute Gasteiger partial charge is 0.449 e. The van der Waals surface area contributed by atoms with E-state index in [-0.39, 0.29) is 13.0 Å². The molecule has 0 aliphatic heterocycles. The lowest BCUT2D eigenvalue weighted by atomic mass is 10.2. The fourth-order valence-corrected chi connectivity index (χ4v) is 1.74. The number of aliphatic imine (C=N–C) groups is 1. The predicted octanol–water partition coefficient (Wildman–Crippen LogP) is 3.66. The number of allylic oxidation sites excluding steroid dienone is 2. The third-order valence-corrected chi connectivity index (χ3v) is 2.88. The Labute approximate surface area is 123 Å². The van der Waals surface area contributed by atoms with Crippen LogP contribution in [0.5, 0.6) is 0 Å². The number of rotatable bonds is 6. The third kappa shape index (κ3) is 6.43. The van der Waals surface area contributed by atoms with E-state index in [1.54, 1.807) is 6.08 Å². The number of nitrogens with zero attached hydrogens (tertiary/aromatic N) is 2. The van der Waals surface area contributed by atoms with Gasteiger partial charge in [-0.1, -0.05) is 30.7 Å². The van der Waals surface area contributed by atoms with Gasteiger partial charge in [-0.15, -0.1) is 0 Å². The Bertz CT molecular complexity index is 389. The summed E-state index contributed by atoms with van der Waals surface area (Å²) in [4.78, 5) is 4.36. The first-order valence-corrected chi connectivity index (χ1v) is 6.65. The first-order chi connectivity index (χ1) is 9.13. The van der Waals surface area contributed by atoms with Crippen LogP contribution in [0.25, 0.3) is 0 Å². The van der Waals surface area contributed by atoms with Crippen LogP contribution in [0.3, 0.4) is 0 Å². The van der Waals surface area contributed by atoms with E-state index in [2.05, 4.69) is 11.6 Å². The minimum Gasteiger partial charge on any atom is -0.340 e. The van der Waals surface area contributed by atoms with Crippen molar-refractivity contribution in [3.05, 3.63) is 23.3 Å². The molecule has 0 spiro atoms. The highest BCUT2D eigenvalue weighted by Crippen LogP contribution is 2.22. The normalized spacial score (nSPS) is 15.2. The van der Waals surface area contributed by atoms with Crippen molar-refractivity contribution in [3.63, 3.8) is 0 Å². The van der Waals surface area contributed by atoms with Crippen molar-refractivity contribution in [2.75, 3.05) is 13.6 Å². The Morgan fingerprint density at radius 2 is 2.00 bits per heavy atom. The summed E-state index contributed by atoms with van der Waals surface area (Å²) < 4.78 is 38.5. The van der Waals surface area contributed by atoms with Crippen molar-refractivity contribution in [2.24, 2.45) is 10.7 Å². The van der Waals surface area contributed by atoms with E-state index in [9.17, 15) is 13.2 Å². The molecule has 1 atom stereocenters. The minimum absolute atomic E-state index is 0.0299. The second kappa shape index (κ2) is 8.32. The van der Waals surface area contributed by atoms with Gasteiger partial charge in [0.15, 0.2) is 0 Å². The number of alkyl halides is 3. The number of nitrogens with two attached hydrogens (primary N) is 1.